The predicted molar refractivity (Wildman–Crippen MR) is 61.0 cm³/mol. The Morgan fingerprint density at radius 3 is 2.47 bits per heavy atom. The number of alkyl halides is 3. The maximum atomic E-state index is 12.3. The van der Waals surface area contributed by atoms with Gasteiger partial charge in [0.25, 0.3) is 0 Å². The third kappa shape index (κ3) is 2.77. The molecule has 0 radical (unpaired) electrons. The van der Waals surface area contributed by atoms with Gasteiger partial charge in [-0.1, -0.05) is 18.6 Å². The van der Waals surface area contributed by atoms with E-state index in [2.05, 4.69) is 0 Å². The summed E-state index contributed by atoms with van der Waals surface area (Å²) in [5, 5.41) is 9.38. The summed E-state index contributed by atoms with van der Waals surface area (Å²) in [7, 11) is 0. The van der Waals surface area contributed by atoms with Gasteiger partial charge < -0.3 is 5.11 Å². The fourth-order valence-corrected chi connectivity index (χ4v) is 2.76. The molecular weight excluding hydrogens is 249 g/mol. The summed E-state index contributed by atoms with van der Waals surface area (Å²) < 4.78 is 36.8. The highest BCUT2D eigenvalue weighted by molar-refractivity contribution is 8.00. The lowest BCUT2D eigenvalue weighted by Gasteiger charge is -2.41. The Labute approximate surface area is 102 Å². The van der Waals surface area contributed by atoms with Gasteiger partial charge in [0.1, 0.15) is 0 Å². The number of aliphatic hydroxyl groups excluding tert-OH is 1. The molecule has 0 spiro atoms. The Balaban J connectivity index is 2.22. The van der Waals surface area contributed by atoms with Crippen LogP contribution in [0.3, 0.4) is 0 Å². The van der Waals surface area contributed by atoms with Crippen LogP contribution in [0.2, 0.25) is 0 Å². The first-order valence-corrected chi connectivity index (χ1v) is 6.24. The van der Waals surface area contributed by atoms with Crippen molar-refractivity contribution in [3.05, 3.63) is 29.8 Å². The van der Waals surface area contributed by atoms with E-state index in [4.69, 9.17) is 0 Å². The number of benzene rings is 1. The second-order valence-electron chi connectivity index (χ2n) is 4.37. The van der Waals surface area contributed by atoms with Gasteiger partial charge in [-0.3, -0.25) is 0 Å². The lowest BCUT2D eigenvalue weighted by Crippen LogP contribution is -2.37. The molecule has 1 aliphatic rings. The van der Waals surface area contributed by atoms with Gasteiger partial charge in [-0.2, -0.15) is 13.2 Å². The summed E-state index contributed by atoms with van der Waals surface area (Å²) in [5.74, 6) is 0. The summed E-state index contributed by atoms with van der Waals surface area (Å²) in [5.41, 5.74) is -3.74. The molecule has 1 fully saturated rings. The van der Waals surface area contributed by atoms with E-state index in [9.17, 15) is 18.3 Å². The summed E-state index contributed by atoms with van der Waals surface area (Å²) in [6.07, 6.45) is 2.73. The van der Waals surface area contributed by atoms with Crippen LogP contribution < -0.4 is 0 Å². The van der Waals surface area contributed by atoms with Gasteiger partial charge in [0.05, 0.1) is 6.61 Å². The zero-order chi connectivity index (χ0) is 12.5. The van der Waals surface area contributed by atoms with Crippen molar-refractivity contribution in [2.75, 3.05) is 6.61 Å². The van der Waals surface area contributed by atoms with Crippen LogP contribution in [0.4, 0.5) is 13.2 Å². The third-order valence-corrected chi connectivity index (χ3v) is 4.01. The second kappa shape index (κ2) is 4.53. The Bertz CT molecular complexity index is 393. The van der Waals surface area contributed by atoms with E-state index in [1.54, 1.807) is 18.2 Å². The molecule has 1 N–H and O–H groups in total. The minimum atomic E-state index is -4.26. The molecule has 0 bridgehead atoms. The number of aliphatic hydroxyl groups is 1. The fraction of sp³-hybridized carbons (Fsp3) is 0.500. The van der Waals surface area contributed by atoms with Crippen LogP contribution in [-0.4, -0.2) is 17.2 Å². The standard InChI is InChI=1S/C12H13F3OS/c13-12(14,15)17-10-4-1-3-9(7-10)11(8-16)5-2-6-11/h1,3-4,7,16H,2,5-6,8H2. The topological polar surface area (TPSA) is 20.2 Å². The van der Waals surface area contributed by atoms with E-state index < -0.39 is 5.51 Å². The van der Waals surface area contributed by atoms with E-state index in [-0.39, 0.29) is 28.7 Å². The van der Waals surface area contributed by atoms with Crippen LogP contribution >= 0.6 is 11.8 Å². The lowest BCUT2D eigenvalue weighted by molar-refractivity contribution is -0.0328. The quantitative estimate of drug-likeness (QED) is 0.838. The van der Waals surface area contributed by atoms with Gasteiger partial charge in [0, 0.05) is 10.3 Å². The van der Waals surface area contributed by atoms with E-state index in [1.807, 2.05) is 0 Å². The Morgan fingerprint density at radius 2 is 2.00 bits per heavy atom. The van der Waals surface area contributed by atoms with Crippen LogP contribution in [0.1, 0.15) is 24.8 Å². The zero-order valence-corrected chi connectivity index (χ0v) is 9.94. The Morgan fingerprint density at radius 1 is 1.29 bits per heavy atom. The first kappa shape index (κ1) is 12.8. The smallest absolute Gasteiger partial charge is 0.395 e. The number of halogens is 3. The molecule has 0 heterocycles. The zero-order valence-electron chi connectivity index (χ0n) is 9.13. The van der Waals surface area contributed by atoms with Gasteiger partial charge in [0.15, 0.2) is 0 Å². The SMILES string of the molecule is OCC1(c2cccc(SC(F)(F)F)c2)CCC1. The number of rotatable bonds is 3. The van der Waals surface area contributed by atoms with Crippen LogP contribution in [0, 0.1) is 0 Å². The van der Waals surface area contributed by atoms with Gasteiger partial charge in [-0.25, -0.2) is 0 Å². The highest BCUT2D eigenvalue weighted by Crippen LogP contribution is 2.45. The summed E-state index contributed by atoms with van der Waals surface area (Å²) in [6.45, 7) is 0.00708. The van der Waals surface area contributed by atoms with Gasteiger partial charge >= 0.3 is 5.51 Å². The second-order valence-corrected chi connectivity index (χ2v) is 5.51. The first-order chi connectivity index (χ1) is 7.95. The average Bonchev–Trinajstić information content (AvgIpc) is 2.14. The van der Waals surface area contributed by atoms with Gasteiger partial charge in [-0.15, -0.1) is 0 Å². The summed E-state index contributed by atoms with van der Waals surface area (Å²) in [4.78, 5) is 0.190. The molecule has 1 aliphatic carbocycles. The summed E-state index contributed by atoms with van der Waals surface area (Å²) in [6, 6.07) is 6.42. The number of hydrogen-bond donors (Lipinski definition) is 1. The molecular formula is C12H13F3OS. The van der Waals surface area contributed by atoms with Crippen molar-refractivity contribution < 1.29 is 18.3 Å². The van der Waals surface area contributed by atoms with Gasteiger partial charge in [-0.05, 0) is 42.3 Å². The van der Waals surface area contributed by atoms with E-state index in [0.29, 0.717) is 0 Å². The number of hydrogen-bond acceptors (Lipinski definition) is 2. The van der Waals surface area contributed by atoms with E-state index in [1.165, 1.54) is 6.07 Å². The molecule has 0 aliphatic heterocycles. The molecule has 0 aromatic heterocycles. The molecule has 1 aromatic rings. The van der Waals surface area contributed by atoms with Crippen LogP contribution in [0.5, 0.6) is 0 Å². The average molecular weight is 262 g/mol. The molecule has 1 saturated carbocycles. The molecule has 94 valence electrons. The number of thioether (sulfide) groups is 1. The van der Waals surface area contributed by atoms with Crippen molar-refractivity contribution in [1.29, 1.82) is 0 Å². The Hall–Kier alpha value is -0.680. The van der Waals surface area contributed by atoms with Crippen molar-refractivity contribution in [3.63, 3.8) is 0 Å². The van der Waals surface area contributed by atoms with Crippen molar-refractivity contribution >= 4 is 11.8 Å². The highest BCUT2D eigenvalue weighted by atomic mass is 32.2. The Kier molecular flexibility index (Phi) is 3.41. The lowest BCUT2D eigenvalue weighted by atomic mass is 9.65. The van der Waals surface area contributed by atoms with Crippen molar-refractivity contribution in [2.24, 2.45) is 0 Å². The van der Waals surface area contributed by atoms with E-state index >= 15 is 0 Å². The predicted octanol–water partition coefficient (Wildman–Crippen LogP) is 3.71. The minimum Gasteiger partial charge on any atom is -0.395 e. The minimum absolute atomic E-state index is 0.00708. The third-order valence-electron chi connectivity index (χ3n) is 3.29. The monoisotopic (exact) mass is 262 g/mol. The largest absolute Gasteiger partial charge is 0.446 e. The first-order valence-electron chi connectivity index (χ1n) is 5.42. The molecule has 0 saturated heterocycles. The highest BCUT2D eigenvalue weighted by Gasteiger charge is 2.38. The molecule has 17 heavy (non-hydrogen) atoms. The summed E-state index contributed by atoms with van der Waals surface area (Å²) >= 11 is -0.106. The van der Waals surface area contributed by atoms with E-state index in [0.717, 1.165) is 24.8 Å². The molecule has 0 atom stereocenters. The van der Waals surface area contributed by atoms with Crippen molar-refractivity contribution in [2.45, 2.75) is 35.1 Å². The molecule has 0 unspecified atom stereocenters. The maximum absolute atomic E-state index is 12.3. The molecule has 5 heteroatoms. The normalized spacial score (nSPS) is 18.8. The van der Waals surface area contributed by atoms with Gasteiger partial charge in [0.2, 0.25) is 0 Å². The molecule has 2 rings (SSSR count). The van der Waals surface area contributed by atoms with Crippen LogP contribution in [0.25, 0.3) is 0 Å². The van der Waals surface area contributed by atoms with Crippen LogP contribution in [-0.2, 0) is 5.41 Å². The van der Waals surface area contributed by atoms with Crippen LogP contribution in [0.15, 0.2) is 29.2 Å². The molecule has 0 amide bonds. The molecule has 1 aromatic carbocycles. The maximum Gasteiger partial charge on any atom is 0.446 e. The molecule has 1 nitrogen and oxygen atoms in total. The fourth-order valence-electron chi connectivity index (χ4n) is 2.16. The van der Waals surface area contributed by atoms with Crippen molar-refractivity contribution in [3.8, 4) is 0 Å². The van der Waals surface area contributed by atoms with Crippen molar-refractivity contribution in [1.82, 2.24) is 0 Å².